The number of nitrogens with zero attached hydrogens (tertiary/aromatic N) is 5. The molecule has 0 saturated carbocycles. The average Bonchev–Trinajstić information content (AvgIpc) is 3.43. The van der Waals surface area contributed by atoms with E-state index in [0.717, 1.165) is 17.1 Å². The van der Waals surface area contributed by atoms with Gasteiger partial charge in [0.1, 0.15) is 5.69 Å². The van der Waals surface area contributed by atoms with Crippen molar-refractivity contribution in [3.8, 4) is 16.9 Å². The third-order valence-electron chi connectivity index (χ3n) is 6.01. The van der Waals surface area contributed by atoms with Gasteiger partial charge in [-0.15, -0.1) is 11.3 Å². The Balaban J connectivity index is 1.42. The summed E-state index contributed by atoms with van der Waals surface area (Å²) >= 11 is 1.35. The zero-order valence-corrected chi connectivity index (χ0v) is 21.2. The Morgan fingerprint density at radius 1 is 1.08 bits per heavy atom. The van der Waals surface area contributed by atoms with Crippen LogP contribution in [-0.4, -0.2) is 36.6 Å². The fraction of sp³-hybridized carbons (Fsp3) is 0.222. The van der Waals surface area contributed by atoms with E-state index in [0.29, 0.717) is 40.6 Å². The van der Waals surface area contributed by atoms with Crippen LogP contribution in [0.5, 0.6) is 0 Å². The molecule has 0 aliphatic heterocycles. The molecule has 0 spiro atoms. The molecule has 0 aliphatic carbocycles. The van der Waals surface area contributed by atoms with Gasteiger partial charge in [-0.05, 0) is 51.1 Å². The highest BCUT2D eigenvalue weighted by Gasteiger charge is 2.20. The van der Waals surface area contributed by atoms with E-state index in [9.17, 15) is 9.59 Å². The summed E-state index contributed by atoms with van der Waals surface area (Å²) in [6.07, 6.45) is 2.47. The standard InChI is InChI=1S/C27H26N6O2S/c1-17-7-9-21(10-8-17)33-18(2)14-23(31-33)25-19(3)30-27-32(26(25)35)22(16-36-27)15-24(34)29-13-11-20-6-4-5-12-28-20/h4-10,12,14,16H,11,13,15H2,1-3H3,(H,29,34). The summed E-state index contributed by atoms with van der Waals surface area (Å²) in [6, 6.07) is 15.7. The van der Waals surface area contributed by atoms with E-state index in [-0.39, 0.29) is 17.9 Å². The van der Waals surface area contributed by atoms with E-state index < -0.39 is 0 Å². The maximum atomic E-state index is 13.7. The number of hydrogen-bond acceptors (Lipinski definition) is 6. The minimum atomic E-state index is -0.219. The summed E-state index contributed by atoms with van der Waals surface area (Å²) < 4.78 is 3.36. The number of pyridine rings is 1. The molecule has 0 atom stereocenters. The van der Waals surface area contributed by atoms with Crippen molar-refractivity contribution in [2.75, 3.05) is 6.54 Å². The zero-order valence-electron chi connectivity index (χ0n) is 20.4. The molecule has 4 heterocycles. The molecule has 0 bridgehead atoms. The van der Waals surface area contributed by atoms with Gasteiger partial charge in [0.15, 0.2) is 4.96 Å². The monoisotopic (exact) mass is 498 g/mol. The van der Waals surface area contributed by atoms with Gasteiger partial charge in [-0.1, -0.05) is 23.8 Å². The highest BCUT2D eigenvalue weighted by atomic mass is 32.1. The number of carbonyl (C=O) groups is 1. The van der Waals surface area contributed by atoms with Gasteiger partial charge >= 0.3 is 0 Å². The maximum absolute atomic E-state index is 13.7. The normalized spacial score (nSPS) is 11.2. The molecule has 0 saturated heterocycles. The van der Waals surface area contributed by atoms with Crippen molar-refractivity contribution in [3.63, 3.8) is 0 Å². The van der Waals surface area contributed by atoms with Crippen LogP contribution in [0.2, 0.25) is 0 Å². The number of rotatable bonds is 7. The van der Waals surface area contributed by atoms with Crippen LogP contribution in [-0.2, 0) is 17.6 Å². The van der Waals surface area contributed by atoms with Gasteiger partial charge in [-0.2, -0.15) is 5.10 Å². The predicted octanol–water partition coefficient (Wildman–Crippen LogP) is 3.83. The Labute approximate surface area is 212 Å². The van der Waals surface area contributed by atoms with Gasteiger partial charge in [0, 0.05) is 41.6 Å². The van der Waals surface area contributed by atoms with Crippen LogP contribution in [0.1, 0.15) is 28.3 Å². The minimum absolute atomic E-state index is 0.0864. The minimum Gasteiger partial charge on any atom is -0.355 e. The van der Waals surface area contributed by atoms with Crippen molar-refractivity contribution in [3.05, 3.63) is 98.8 Å². The number of benzene rings is 1. The van der Waals surface area contributed by atoms with Gasteiger partial charge in [0.25, 0.3) is 5.56 Å². The average molecular weight is 499 g/mol. The first-order chi connectivity index (χ1) is 17.4. The molecular formula is C27H26N6O2S. The van der Waals surface area contributed by atoms with Gasteiger partial charge in [-0.3, -0.25) is 19.0 Å². The molecule has 1 amide bonds. The molecule has 0 aliphatic rings. The van der Waals surface area contributed by atoms with Crippen LogP contribution in [0.25, 0.3) is 21.9 Å². The molecule has 8 nitrogen and oxygen atoms in total. The van der Waals surface area contributed by atoms with Gasteiger partial charge < -0.3 is 5.32 Å². The second-order valence-electron chi connectivity index (χ2n) is 8.74. The van der Waals surface area contributed by atoms with Gasteiger partial charge in [0.2, 0.25) is 5.91 Å². The second-order valence-corrected chi connectivity index (χ2v) is 9.58. The molecule has 5 aromatic rings. The van der Waals surface area contributed by atoms with Crippen molar-refractivity contribution in [1.29, 1.82) is 0 Å². The van der Waals surface area contributed by atoms with E-state index in [2.05, 4.69) is 15.3 Å². The molecule has 1 N–H and O–H groups in total. The lowest BCUT2D eigenvalue weighted by molar-refractivity contribution is -0.120. The maximum Gasteiger partial charge on any atom is 0.268 e. The molecule has 1 aromatic carbocycles. The van der Waals surface area contributed by atoms with Crippen LogP contribution in [0.15, 0.2) is 64.9 Å². The van der Waals surface area contributed by atoms with E-state index in [1.807, 2.05) is 79.4 Å². The van der Waals surface area contributed by atoms with Crippen molar-refractivity contribution in [2.24, 2.45) is 0 Å². The third kappa shape index (κ3) is 4.70. The molecular weight excluding hydrogens is 472 g/mol. The summed E-state index contributed by atoms with van der Waals surface area (Å²) in [7, 11) is 0. The van der Waals surface area contributed by atoms with Crippen molar-refractivity contribution < 1.29 is 4.79 Å². The van der Waals surface area contributed by atoms with Crippen molar-refractivity contribution in [2.45, 2.75) is 33.6 Å². The summed E-state index contributed by atoms with van der Waals surface area (Å²) in [5.74, 6) is -0.154. The first-order valence-corrected chi connectivity index (χ1v) is 12.6. The molecule has 0 fully saturated rings. The lowest BCUT2D eigenvalue weighted by Crippen LogP contribution is -2.29. The van der Waals surface area contributed by atoms with Crippen LogP contribution in [0.4, 0.5) is 0 Å². The molecule has 0 radical (unpaired) electrons. The molecule has 4 aromatic heterocycles. The van der Waals surface area contributed by atoms with E-state index in [1.54, 1.807) is 6.20 Å². The molecule has 182 valence electrons. The number of fused-ring (bicyclic) bond motifs is 1. The molecule has 9 heteroatoms. The van der Waals surface area contributed by atoms with Crippen LogP contribution >= 0.6 is 11.3 Å². The predicted molar refractivity (Wildman–Crippen MR) is 141 cm³/mol. The number of amides is 1. The highest BCUT2D eigenvalue weighted by molar-refractivity contribution is 7.15. The number of aromatic nitrogens is 5. The lowest BCUT2D eigenvalue weighted by Gasteiger charge is -2.07. The number of nitrogens with one attached hydrogen (secondary N) is 1. The Bertz CT molecular complexity index is 1600. The fourth-order valence-electron chi connectivity index (χ4n) is 4.17. The largest absolute Gasteiger partial charge is 0.355 e. The third-order valence-corrected chi connectivity index (χ3v) is 6.89. The Morgan fingerprint density at radius 2 is 1.89 bits per heavy atom. The summed E-state index contributed by atoms with van der Waals surface area (Å²) in [5.41, 5.74) is 5.93. The van der Waals surface area contributed by atoms with E-state index in [4.69, 9.17) is 5.10 Å². The molecule has 5 rings (SSSR count). The van der Waals surface area contributed by atoms with Gasteiger partial charge in [0.05, 0.1) is 23.4 Å². The van der Waals surface area contributed by atoms with E-state index >= 15 is 0 Å². The Morgan fingerprint density at radius 3 is 2.64 bits per heavy atom. The first-order valence-electron chi connectivity index (χ1n) is 11.7. The smallest absolute Gasteiger partial charge is 0.268 e. The van der Waals surface area contributed by atoms with E-state index in [1.165, 1.54) is 21.3 Å². The zero-order chi connectivity index (χ0) is 25.2. The summed E-state index contributed by atoms with van der Waals surface area (Å²) in [5, 5.41) is 9.47. The topological polar surface area (TPSA) is 94.2 Å². The van der Waals surface area contributed by atoms with Crippen LogP contribution < -0.4 is 10.9 Å². The lowest BCUT2D eigenvalue weighted by atomic mass is 10.1. The fourth-order valence-corrected chi connectivity index (χ4v) is 5.10. The second kappa shape index (κ2) is 9.87. The van der Waals surface area contributed by atoms with Crippen LogP contribution in [0.3, 0.4) is 0 Å². The first kappa shape index (κ1) is 23.6. The Hall–Kier alpha value is -4.11. The van der Waals surface area contributed by atoms with Gasteiger partial charge in [-0.25, -0.2) is 9.67 Å². The Kier molecular flexibility index (Phi) is 6.47. The van der Waals surface area contributed by atoms with Crippen LogP contribution in [0, 0.1) is 20.8 Å². The van der Waals surface area contributed by atoms with Crippen molar-refractivity contribution >= 4 is 22.2 Å². The summed E-state index contributed by atoms with van der Waals surface area (Å²) in [6.45, 7) is 6.29. The van der Waals surface area contributed by atoms with Crippen molar-refractivity contribution in [1.82, 2.24) is 29.5 Å². The number of aryl methyl sites for hydroxylation is 3. The molecule has 0 unspecified atom stereocenters. The number of carbonyl (C=O) groups excluding carboxylic acids is 1. The number of thiazole rings is 1. The quantitative estimate of drug-likeness (QED) is 0.368. The summed E-state index contributed by atoms with van der Waals surface area (Å²) in [4.78, 5) is 35.8. The molecule has 36 heavy (non-hydrogen) atoms. The SMILES string of the molecule is Cc1ccc(-n2nc(-c3c(C)nc4scc(CC(=O)NCCc5ccccn5)n4c3=O)cc2C)cc1. The number of hydrogen-bond donors (Lipinski definition) is 1. The highest BCUT2D eigenvalue weighted by Crippen LogP contribution is 2.23.